The Morgan fingerprint density at radius 3 is 3.06 bits per heavy atom. The number of thiophene rings is 1. The van der Waals surface area contributed by atoms with Gasteiger partial charge in [-0.25, -0.2) is 4.98 Å². The molecule has 9 heteroatoms. The Kier molecular flexibility index (Phi) is 6.50. The van der Waals surface area contributed by atoms with E-state index in [-0.39, 0.29) is 23.5 Å². The average Bonchev–Trinajstić information content (AvgIpc) is 3.43. The van der Waals surface area contributed by atoms with Crippen molar-refractivity contribution in [2.24, 2.45) is 0 Å². The van der Waals surface area contributed by atoms with E-state index in [1.807, 2.05) is 36.3 Å². The lowest BCUT2D eigenvalue weighted by molar-refractivity contribution is -0.132. The van der Waals surface area contributed by atoms with Gasteiger partial charge in [-0.15, -0.1) is 11.3 Å². The number of ether oxygens (including phenoxy) is 1. The van der Waals surface area contributed by atoms with Crippen molar-refractivity contribution in [1.29, 1.82) is 0 Å². The average molecular weight is 443 g/mol. The van der Waals surface area contributed by atoms with Crippen LogP contribution in [0.15, 0.2) is 39.0 Å². The van der Waals surface area contributed by atoms with Crippen LogP contribution < -0.4 is 10.3 Å². The molecule has 1 fully saturated rings. The van der Waals surface area contributed by atoms with Gasteiger partial charge >= 0.3 is 0 Å². The fourth-order valence-corrected chi connectivity index (χ4v) is 4.43. The molecular weight excluding hydrogens is 416 g/mol. The Morgan fingerprint density at radius 2 is 2.29 bits per heavy atom. The van der Waals surface area contributed by atoms with Gasteiger partial charge in [-0.3, -0.25) is 9.59 Å². The second kappa shape index (κ2) is 9.47. The van der Waals surface area contributed by atoms with E-state index in [0.29, 0.717) is 49.1 Å². The van der Waals surface area contributed by atoms with Gasteiger partial charge in [-0.1, -0.05) is 6.07 Å². The molecule has 1 aliphatic rings. The maximum absolute atomic E-state index is 12.8. The van der Waals surface area contributed by atoms with E-state index in [2.05, 4.69) is 10.1 Å². The Hall–Kier alpha value is -2.94. The molecule has 4 rings (SSSR count). The zero-order chi connectivity index (χ0) is 21.8. The summed E-state index contributed by atoms with van der Waals surface area (Å²) >= 11 is 1.55. The molecule has 1 amide bonds. The summed E-state index contributed by atoms with van der Waals surface area (Å²) in [5.41, 5.74) is 0.517. The molecule has 164 valence electrons. The maximum Gasteiger partial charge on any atom is 0.254 e. The third-order valence-corrected chi connectivity index (χ3v) is 6.07. The number of nitrogens with zero attached hydrogens (tertiary/aromatic N) is 3. The molecule has 1 N–H and O–H groups in total. The SMILES string of the molecule is CC(C)Oc1cc(CCC(=O)N2CCC[C@H](c3nc(-c4cccs4)cc(=O)[nH]3)C2)on1. The molecule has 3 aromatic rings. The van der Waals surface area contributed by atoms with E-state index in [0.717, 1.165) is 17.7 Å². The number of nitrogens with one attached hydrogen (secondary N) is 1. The fourth-order valence-electron chi connectivity index (χ4n) is 3.74. The molecule has 1 aliphatic heterocycles. The van der Waals surface area contributed by atoms with Crippen LogP contribution in [0.2, 0.25) is 0 Å². The smallest absolute Gasteiger partial charge is 0.254 e. The van der Waals surface area contributed by atoms with Gasteiger partial charge in [0.2, 0.25) is 5.91 Å². The zero-order valence-corrected chi connectivity index (χ0v) is 18.5. The minimum atomic E-state index is -0.165. The Balaban J connectivity index is 1.39. The van der Waals surface area contributed by atoms with Crippen molar-refractivity contribution in [2.45, 2.75) is 51.6 Å². The summed E-state index contributed by atoms with van der Waals surface area (Å²) in [6.45, 7) is 5.10. The van der Waals surface area contributed by atoms with E-state index in [1.54, 1.807) is 17.4 Å². The Morgan fingerprint density at radius 1 is 1.42 bits per heavy atom. The van der Waals surface area contributed by atoms with Crippen molar-refractivity contribution in [1.82, 2.24) is 20.0 Å². The van der Waals surface area contributed by atoms with Gasteiger partial charge in [-0.05, 0) is 43.3 Å². The topological polar surface area (TPSA) is 101 Å². The van der Waals surface area contributed by atoms with Gasteiger partial charge in [0, 0.05) is 44.0 Å². The number of likely N-dealkylation sites (tertiary alicyclic amines) is 1. The summed E-state index contributed by atoms with van der Waals surface area (Å²) in [5.74, 6) is 1.80. The predicted octanol–water partition coefficient (Wildman–Crippen LogP) is 3.61. The number of aromatic amines is 1. The van der Waals surface area contributed by atoms with Gasteiger partial charge in [0.1, 0.15) is 11.6 Å². The molecule has 0 radical (unpaired) electrons. The molecule has 8 nitrogen and oxygen atoms in total. The van der Waals surface area contributed by atoms with Crippen molar-refractivity contribution in [3.05, 3.63) is 51.6 Å². The van der Waals surface area contributed by atoms with Gasteiger partial charge in [0.25, 0.3) is 11.4 Å². The number of hydrogen-bond acceptors (Lipinski definition) is 7. The minimum absolute atomic E-state index is 0.0154. The number of aryl methyl sites for hydroxylation is 1. The summed E-state index contributed by atoms with van der Waals surface area (Å²) in [6.07, 6.45) is 2.58. The molecule has 0 aromatic carbocycles. The molecule has 0 bridgehead atoms. The minimum Gasteiger partial charge on any atom is -0.473 e. The monoisotopic (exact) mass is 442 g/mol. The second-order valence-corrected chi connectivity index (χ2v) is 8.92. The number of carbonyl (C=O) groups is 1. The zero-order valence-electron chi connectivity index (χ0n) is 17.7. The van der Waals surface area contributed by atoms with E-state index in [4.69, 9.17) is 14.2 Å². The summed E-state index contributed by atoms with van der Waals surface area (Å²) < 4.78 is 10.8. The number of piperidine rings is 1. The number of H-pyrrole nitrogens is 1. The third kappa shape index (κ3) is 5.41. The summed E-state index contributed by atoms with van der Waals surface area (Å²) in [7, 11) is 0. The van der Waals surface area contributed by atoms with Crippen LogP contribution in [-0.4, -0.2) is 45.1 Å². The first kappa shape index (κ1) is 21.3. The van der Waals surface area contributed by atoms with E-state index in [9.17, 15) is 9.59 Å². The predicted molar refractivity (Wildman–Crippen MR) is 117 cm³/mol. The van der Waals surface area contributed by atoms with Gasteiger partial charge in [-0.2, -0.15) is 0 Å². The first-order chi connectivity index (χ1) is 15.0. The van der Waals surface area contributed by atoms with Crippen molar-refractivity contribution < 1.29 is 14.1 Å². The number of carbonyl (C=O) groups excluding carboxylic acids is 1. The van der Waals surface area contributed by atoms with Crippen LogP contribution in [-0.2, 0) is 11.2 Å². The third-order valence-electron chi connectivity index (χ3n) is 5.17. The lowest BCUT2D eigenvalue weighted by Crippen LogP contribution is -2.40. The lowest BCUT2D eigenvalue weighted by Gasteiger charge is -2.32. The van der Waals surface area contributed by atoms with Crippen LogP contribution in [0.5, 0.6) is 5.88 Å². The van der Waals surface area contributed by atoms with Crippen LogP contribution >= 0.6 is 11.3 Å². The molecule has 3 aromatic heterocycles. The molecule has 1 saturated heterocycles. The summed E-state index contributed by atoms with van der Waals surface area (Å²) in [6, 6.07) is 7.15. The summed E-state index contributed by atoms with van der Waals surface area (Å²) in [5, 5.41) is 5.84. The molecule has 4 heterocycles. The van der Waals surface area contributed by atoms with Crippen LogP contribution in [0.25, 0.3) is 10.6 Å². The van der Waals surface area contributed by atoms with Gasteiger partial charge < -0.3 is 19.1 Å². The van der Waals surface area contributed by atoms with Crippen LogP contribution in [0, 0.1) is 0 Å². The van der Waals surface area contributed by atoms with Crippen molar-refractivity contribution in [2.75, 3.05) is 13.1 Å². The molecular formula is C22H26N4O4S. The highest BCUT2D eigenvalue weighted by Crippen LogP contribution is 2.27. The van der Waals surface area contributed by atoms with Crippen molar-refractivity contribution in [3.63, 3.8) is 0 Å². The molecule has 0 unspecified atom stereocenters. The Labute approximate surface area is 184 Å². The normalized spacial score (nSPS) is 16.6. The molecule has 0 spiro atoms. The van der Waals surface area contributed by atoms with E-state index >= 15 is 0 Å². The highest BCUT2D eigenvalue weighted by atomic mass is 32.1. The van der Waals surface area contributed by atoms with Crippen molar-refractivity contribution in [3.8, 4) is 16.5 Å². The quantitative estimate of drug-likeness (QED) is 0.600. The highest BCUT2D eigenvalue weighted by molar-refractivity contribution is 7.13. The lowest BCUT2D eigenvalue weighted by atomic mass is 9.96. The van der Waals surface area contributed by atoms with E-state index in [1.165, 1.54) is 6.07 Å². The molecule has 31 heavy (non-hydrogen) atoms. The second-order valence-electron chi connectivity index (χ2n) is 7.97. The number of rotatable bonds is 7. The number of amides is 1. The van der Waals surface area contributed by atoms with Crippen LogP contribution in [0.3, 0.4) is 0 Å². The maximum atomic E-state index is 12.8. The van der Waals surface area contributed by atoms with E-state index < -0.39 is 0 Å². The first-order valence-corrected chi connectivity index (χ1v) is 11.4. The van der Waals surface area contributed by atoms with Crippen LogP contribution in [0.1, 0.15) is 50.6 Å². The highest BCUT2D eigenvalue weighted by Gasteiger charge is 2.27. The molecule has 0 saturated carbocycles. The molecule has 1 atom stereocenters. The summed E-state index contributed by atoms with van der Waals surface area (Å²) in [4.78, 5) is 35.4. The fraction of sp³-hybridized carbons (Fsp3) is 0.455. The van der Waals surface area contributed by atoms with Crippen LogP contribution in [0.4, 0.5) is 0 Å². The number of hydrogen-bond donors (Lipinski definition) is 1. The number of aromatic nitrogens is 3. The molecule has 0 aliphatic carbocycles. The van der Waals surface area contributed by atoms with Gasteiger partial charge in [0.15, 0.2) is 0 Å². The largest absolute Gasteiger partial charge is 0.473 e. The van der Waals surface area contributed by atoms with Gasteiger partial charge in [0.05, 0.1) is 16.7 Å². The van der Waals surface area contributed by atoms with Crippen molar-refractivity contribution >= 4 is 17.2 Å². The standard InChI is InChI=1S/C22H26N4O4S/c1-14(2)29-20-11-16(30-25-20)7-8-21(28)26-9-3-5-15(13-26)22-23-17(12-19(27)24-22)18-6-4-10-31-18/h4,6,10-12,14-15H,3,5,7-9,13H2,1-2H3,(H,23,24,27)/t15-/m0/s1. The first-order valence-electron chi connectivity index (χ1n) is 10.5. The Bertz CT molecular complexity index is 1070.